The average Bonchev–Trinajstić information content (AvgIpc) is 3.26. The highest BCUT2D eigenvalue weighted by atomic mass is 32.1. The van der Waals surface area contributed by atoms with Crippen molar-refractivity contribution in [3.63, 3.8) is 0 Å². The molecular weight excluding hydrogens is 338 g/mol. The normalized spacial score (nSPS) is 11.5. The molecule has 122 valence electrons. The van der Waals surface area contributed by atoms with Crippen LogP contribution in [0, 0.1) is 10.1 Å². The van der Waals surface area contributed by atoms with Gasteiger partial charge in [-0.2, -0.15) is 0 Å². The van der Waals surface area contributed by atoms with E-state index in [9.17, 15) is 14.9 Å². The number of nitrogens with zero attached hydrogens (tertiary/aromatic N) is 1. The first-order valence-corrected chi connectivity index (χ1v) is 8.36. The van der Waals surface area contributed by atoms with Gasteiger partial charge in [0.2, 0.25) is 5.78 Å². The first kappa shape index (κ1) is 15.3. The van der Waals surface area contributed by atoms with Crippen molar-refractivity contribution in [2.45, 2.75) is 0 Å². The lowest BCUT2D eigenvalue weighted by Gasteiger charge is -1.96. The van der Waals surface area contributed by atoms with Gasteiger partial charge in [0, 0.05) is 16.8 Å². The number of nitro groups is 1. The molecule has 25 heavy (non-hydrogen) atoms. The molecule has 0 radical (unpaired) electrons. The second kappa shape index (κ2) is 5.99. The summed E-state index contributed by atoms with van der Waals surface area (Å²) in [5.41, 5.74) is 1.27. The number of hydrogen-bond donors (Lipinski definition) is 0. The molecule has 0 aliphatic rings. The summed E-state index contributed by atoms with van der Waals surface area (Å²) in [7, 11) is 0. The summed E-state index contributed by atoms with van der Waals surface area (Å²) in [6.45, 7) is 0. The van der Waals surface area contributed by atoms with Gasteiger partial charge in [0.15, 0.2) is 5.76 Å². The monoisotopic (exact) mass is 349 g/mol. The zero-order valence-corrected chi connectivity index (χ0v) is 13.7. The van der Waals surface area contributed by atoms with Crippen LogP contribution in [0.15, 0.2) is 64.4 Å². The van der Waals surface area contributed by atoms with E-state index in [4.69, 9.17) is 4.42 Å². The second-order valence-corrected chi connectivity index (χ2v) is 6.37. The van der Waals surface area contributed by atoms with E-state index in [-0.39, 0.29) is 16.5 Å². The summed E-state index contributed by atoms with van der Waals surface area (Å²) in [6.07, 6.45) is 2.92. The van der Waals surface area contributed by atoms with E-state index < -0.39 is 4.92 Å². The number of allylic oxidation sites excluding steroid dienone is 1. The lowest BCUT2D eigenvalue weighted by Crippen LogP contribution is -1.90. The van der Waals surface area contributed by atoms with Gasteiger partial charge < -0.3 is 4.42 Å². The van der Waals surface area contributed by atoms with Gasteiger partial charge in [-0.1, -0.05) is 41.7 Å². The van der Waals surface area contributed by atoms with Crippen molar-refractivity contribution in [3.8, 4) is 0 Å². The maximum atomic E-state index is 12.4. The predicted molar refractivity (Wildman–Crippen MR) is 98.1 cm³/mol. The lowest BCUT2D eigenvalue weighted by atomic mass is 10.1. The van der Waals surface area contributed by atoms with E-state index in [2.05, 4.69) is 0 Å². The molecule has 0 amide bonds. The predicted octanol–water partition coefficient (Wildman–Crippen LogP) is 5.45. The molecule has 0 saturated heterocycles. The Morgan fingerprint density at radius 3 is 2.76 bits per heavy atom. The zero-order chi connectivity index (χ0) is 17.4. The minimum atomic E-state index is -0.450. The smallest absolute Gasteiger partial charge is 0.324 e. The molecule has 0 fully saturated rings. The molecule has 0 spiro atoms. The van der Waals surface area contributed by atoms with E-state index in [0.29, 0.717) is 11.1 Å². The summed E-state index contributed by atoms with van der Waals surface area (Å²) < 4.78 is 5.66. The quantitative estimate of drug-likeness (QED) is 0.212. The van der Waals surface area contributed by atoms with Crippen LogP contribution in [0.25, 0.3) is 27.8 Å². The summed E-state index contributed by atoms with van der Waals surface area (Å²) in [4.78, 5) is 22.6. The number of rotatable bonds is 4. The number of fused-ring (bicyclic) bond motifs is 3. The van der Waals surface area contributed by atoms with Crippen LogP contribution >= 0.6 is 11.3 Å². The van der Waals surface area contributed by atoms with Crippen LogP contribution in [0.5, 0.6) is 0 Å². The van der Waals surface area contributed by atoms with E-state index in [1.54, 1.807) is 17.5 Å². The Kier molecular flexibility index (Phi) is 3.66. The molecule has 0 saturated carbocycles. The van der Waals surface area contributed by atoms with Crippen LogP contribution in [0.2, 0.25) is 0 Å². The van der Waals surface area contributed by atoms with Crippen molar-refractivity contribution in [1.82, 2.24) is 0 Å². The van der Waals surface area contributed by atoms with E-state index >= 15 is 0 Å². The molecule has 2 aromatic heterocycles. The summed E-state index contributed by atoms with van der Waals surface area (Å²) in [6, 6.07) is 14.9. The van der Waals surface area contributed by atoms with Crippen LogP contribution < -0.4 is 0 Å². The summed E-state index contributed by atoms with van der Waals surface area (Å²) in [5, 5.41) is 15.4. The molecule has 0 aliphatic carbocycles. The highest BCUT2D eigenvalue weighted by molar-refractivity contribution is 7.13. The van der Waals surface area contributed by atoms with Gasteiger partial charge in [0.25, 0.3) is 0 Å². The molecule has 0 unspecified atom stereocenters. The first-order chi connectivity index (χ1) is 12.1. The molecule has 0 bridgehead atoms. The zero-order valence-electron chi connectivity index (χ0n) is 12.8. The number of carbonyl (C=O) groups is 1. The molecule has 0 atom stereocenters. The topological polar surface area (TPSA) is 73.3 Å². The third-order valence-electron chi connectivity index (χ3n) is 3.88. The highest BCUT2D eigenvalue weighted by Crippen LogP contribution is 2.29. The van der Waals surface area contributed by atoms with Gasteiger partial charge >= 0.3 is 5.00 Å². The highest BCUT2D eigenvalue weighted by Gasteiger charge is 2.12. The fraction of sp³-hybridized carbons (Fsp3) is 0. The van der Waals surface area contributed by atoms with Crippen LogP contribution in [-0.4, -0.2) is 10.7 Å². The Labute approximate surface area is 146 Å². The summed E-state index contributed by atoms with van der Waals surface area (Å²) in [5.74, 6) is -0.0403. The van der Waals surface area contributed by atoms with E-state index in [0.717, 1.165) is 27.5 Å². The second-order valence-electron chi connectivity index (χ2n) is 5.48. The third-order valence-corrected chi connectivity index (χ3v) is 4.78. The SMILES string of the molecule is O=C(/C=C/c1csc([N+](=O)[O-])c1)c1cc2c(ccc3ccccc32)o1. The van der Waals surface area contributed by atoms with Gasteiger partial charge in [-0.15, -0.1) is 0 Å². The molecule has 0 aliphatic heterocycles. The molecular formula is C19H11NO4S. The van der Waals surface area contributed by atoms with Gasteiger partial charge in [0.05, 0.1) is 4.92 Å². The fourth-order valence-corrected chi connectivity index (χ4v) is 3.38. The molecule has 4 aromatic rings. The van der Waals surface area contributed by atoms with Gasteiger partial charge in [-0.05, 0) is 40.6 Å². The Morgan fingerprint density at radius 2 is 1.96 bits per heavy atom. The largest absolute Gasteiger partial charge is 0.453 e. The van der Waals surface area contributed by atoms with E-state index in [1.165, 1.54) is 12.1 Å². The minimum Gasteiger partial charge on any atom is -0.453 e. The minimum absolute atomic E-state index is 0.0438. The fourth-order valence-electron chi connectivity index (χ4n) is 2.69. The molecule has 2 heterocycles. The van der Waals surface area contributed by atoms with Crippen LogP contribution in [-0.2, 0) is 0 Å². The van der Waals surface area contributed by atoms with Crippen LogP contribution in [0.1, 0.15) is 16.1 Å². The van der Waals surface area contributed by atoms with Crippen molar-refractivity contribution in [2.24, 2.45) is 0 Å². The number of carbonyl (C=O) groups excluding carboxylic acids is 1. The lowest BCUT2D eigenvalue weighted by molar-refractivity contribution is -0.380. The van der Waals surface area contributed by atoms with Crippen LogP contribution in [0.4, 0.5) is 5.00 Å². The van der Waals surface area contributed by atoms with Crippen molar-refractivity contribution < 1.29 is 14.1 Å². The Hall–Kier alpha value is -3.25. The van der Waals surface area contributed by atoms with Crippen molar-refractivity contribution in [1.29, 1.82) is 0 Å². The summed E-state index contributed by atoms with van der Waals surface area (Å²) >= 11 is 1.03. The average molecular weight is 349 g/mol. The van der Waals surface area contributed by atoms with Crippen molar-refractivity contribution in [2.75, 3.05) is 0 Å². The standard InChI is InChI=1S/C19H11NO4S/c21-16(7-5-12-9-19(20(22)23)25-11-12)18-10-15-14-4-2-1-3-13(14)6-8-17(15)24-18/h1-11H/b7-5+. The van der Waals surface area contributed by atoms with Gasteiger partial charge in [-0.3, -0.25) is 14.9 Å². The number of thiophene rings is 1. The Balaban J connectivity index is 1.66. The molecule has 0 N–H and O–H groups in total. The van der Waals surface area contributed by atoms with Crippen molar-refractivity contribution in [3.05, 3.63) is 81.4 Å². The van der Waals surface area contributed by atoms with Crippen molar-refractivity contribution >= 4 is 49.9 Å². The number of ketones is 1. The van der Waals surface area contributed by atoms with E-state index in [1.807, 2.05) is 36.4 Å². The number of benzene rings is 2. The number of hydrogen-bond acceptors (Lipinski definition) is 5. The molecule has 5 nitrogen and oxygen atoms in total. The molecule has 6 heteroatoms. The Bertz CT molecular complexity index is 1150. The first-order valence-electron chi connectivity index (χ1n) is 7.48. The molecule has 4 rings (SSSR count). The Morgan fingerprint density at radius 1 is 1.12 bits per heavy atom. The van der Waals surface area contributed by atoms with Gasteiger partial charge in [-0.25, -0.2) is 0 Å². The maximum absolute atomic E-state index is 12.4. The molecule has 2 aromatic carbocycles. The van der Waals surface area contributed by atoms with Crippen LogP contribution in [0.3, 0.4) is 0 Å². The maximum Gasteiger partial charge on any atom is 0.324 e. The van der Waals surface area contributed by atoms with Gasteiger partial charge in [0.1, 0.15) is 5.58 Å². The third kappa shape index (κ3) is 2.83. The number of furan rings is 1.